The second kappa shape index (κ2) is 4.38. The van der Waals surface area contributed by atoms with E-state index in [4.69, 9.17) is 5.26 Å². The second-order valence-corrected chi connectivity index (χ2v) is 4.00. The maximum Gasteiger partial charge on any atom is 0.149 e. The molecule has 0 radical (unpaired) electrons. The van der Waals surface area contributed by atoms with E-state index in [0.717, 1.165) is 11.1 Å². The number of anilines is 1. The van der Waals surface area contributed by atoms with Crippen LogP contribution in [0, 0.1) is 17.1 Å². The molecule has 2 rings (SSSR count). The molecule has 0 spiro atoms. The first-order valence-electron chi connectivity index (χ1n) is 5.26. The van der Waals surface area contributed by atoms with Crippen LogP contribution < -0.4 is 4.90 Å². The minimum absolute atomic E-state index is 0.186. The van der Waals surface area contributed by atoms with E-state index in [9.17, 15) is 4.39 Å². The first-order valence-corrected chi connectivity index (χ1v) is 5.26. The van der Waals surface area contributed by atoms with Crippen molar-refractivity contribution in [1.29, 1.82) is 5.26 Å². The highest BCUT2D eigenvalue weighted by Crippen LogP contribution is 2.27. The van der Waals surface area contributed by atoms with E-state index in [1.165, 1.54) is 6.07 Å². The molecule has 3 nitrogen and oxygen atoms in total. The van der Waals surface area contributed by atoms with E-state index in [-0.39, 0.29) is 12.2 Å². The van der Waals surface area contributed by atoms with Crippen LogP contribution in [0.2, 0.25) is 0 Å². The van der Waals surface area contributed by atoms with Crippen molar-refractivity contribution < 1.29 is 4.39 Å². The van der Waals surface area contributed by atoms with E-state index in [0.29, 0.717) is 11.2 Å². The molecule has 0 atom stereocenters. The lowest BCUT2D eigenvalue weighted by atomic mass is 10.1. The number of pyridine rings is 1. The Labute approximate surface area is 99.1 Å². The summed E-state index contributed by atoms with van der Waals surface area (Å²) in [5, 5.41) is 9.45. The molecule has 2 aromatic rings. The first kappa shape index (κ1) is 11.3. The van der Waals surface area contributed by atoms with Gasteiger partial charge < -0.3 is 4.90 Å². The van der Waals surface area contributed by atoms with Crippen molar-refractivity contribution >= 4 is 16.6 Å². The maximum absolute atomic E-state index is 13.7. The van der Waals surface area contributed by atoms with Crippen molar-refractivity contribution in [3.8, 4) is 6.07 Å². The predicted octanol–water partition coefficient (Wildman–Crippen LogP) is 2.51. The number of rotatable bonds is 2. The largest absolute Gasteiger partial charge is 0.377 e. The summed E-state index contributed by atoms with van der Waals surface area (Å²) in [6.07, 6.45) is 0.186. The van der Waals surface area contributed by atoms with E-state index in [1.807, 2.05) is 37.2 Å². The highest BCUT2D eigenvalue weighted by Gasteiger charge is 2.10. The molecule has 0 bridgehead atoms. The molecule has 1 aromatic carbocycles. The molecular weight excluding hydrogens is 217 g/mol. The van der Waals surface area contributed by atoms with Crippen LogP contribution in [0.5, 0.6) is 0 Å². The number of benzene rings is 1. The van der Waals surface area contributed by atoms with Gasteiger partial charge in [-0.25, -0.2) is 9.37 Å². The smallest absolute Gasteiger partial charge is 0.149 e. The summed E-state index contributed by atoms with van der Waals surface area (Å²) in [7, 11) is 3.77. The zero-order valence-electron chi connectivity index (χ0n) is 9.74. The summed E-state index contributed by atoms with van der Waals surface area (Å²) in [5.74, 6) is -0.356. The number of hydrogen-bond donors (Lipinski definition) is 0. The third-order valence-electron chi connectivity index (χ3n) is 2.56. The van der Waals surface area contributed by atoms with Gasteiger partial charge in [-0.1, -0.05) is 12.1 Å². The van der Waals surface area contributed by atoms with Crippen molar-refractivity contribution in [2.75, 3.05) is 19.0 Å². The number of nitrogens with zero attached hydrogens (tertiary/aromatic N) is 3. The van der Waals surface area contributed by atoms with Gasteiger partial charge in [-0.2, -0.15) is 5.26 Å². The van der Waals surface area contributed by atoms with Crippen LogP contribution in [0.15, 0.2) is 24.3 Å². The van der Waals surface area contributed by atoms with E-state index in [2.05, 4.69) is 4.98 Å². The summed E-state index contributed by atoms with van der Waals surface area (Å²) in [4.78, 5) is 6.08. The molecular formula is C13H12FN3. The Hall–Kier alpha value is -2.15. The van der Waals surface area contributed by atoms with Crippen molar-refractivity contribution in [1.82, 2.24) is 4.98 Å². The fourth-order valence-corrected chi connectivity index (χ4v) is 1.79. The fraction of sp³-hybridized carbons (Fsp3) is 0.231. The van der Waals surface area contributed by atoms with Crippen molar-refractivity contribution in [3.63, 3.8) is 0 Å². The Morgan fingerprint density at radius 1 is 1.41 bits per heavy atom. The molecule has 0 aliphatic heterocycles. The Bertz CT molecular complexity index is 599. The normalized spacial score (nSPS) is 10.2. The molecule has 4 heteroatoms. The van der Waals surface area contributed by atoms with Crippen LogP contribution in [0.25, 0.3) is 10.9 Å². The number of para-hydroxylation sites is 1. The zero-order valence-corrected chi connectivity index (χ0v) is 9.74. The summed E-state index contributed by atoms with van der Waals surface area (Å²) in [6, 6.07) is 8.73. The van der Waals surface area contributed by atoms with Crippen LogP contribution in [-0.2, 0) is 6.42 Å². The Balaban J connectivity index is 2.77. The molecule has 0 N–H and O–H groups in total. The van der Waals surface area contributed by atoms with Gasteiger partial charge in [0.05, 0.1) is 18.2 Å². The third-order valence-corrected chi connectivity index (χ3v) is 2.56. The average Bonchev–Trinajstić information content (AvgIpc) is 2.29. The maximum atomic E-state index is 13.7. The first-order chi connectivity index (χ1) is 8.13. The Morgan fingerprint density at radius 2 is 2.18 bits per heavy atom. The quantitative estimate of drug-likeness (QED) is 0.794. The highest BCUT2D eigenvalue weighted by atomic mass is 19.1. The molecule has 0 amide bonds. The van der Waals surface area contributed by atoms with E-state index in [1.54, 1.807) is 6.07 Å². The number of hydrogen-bond acceptors (Lipinski definition) is 3. The van der Waals surface area contributed by atoms with Crippen molar-refractivity contribution in [2.45, 2.75) is 6.42 Å². The molecule has 17 heavy (non-hydrogen) atoms. The van der Waals surface area contributed by atoms with Gasteiger partial charge >= 0.3 is 0 Å². The van der Waals surface area contributed by atoms with E-state index < -0.39 is 0 Å². The molecule has 0 saturated heterocycles. The molecule has 0 unspecified atom stereocenters. The summed E-state index contributed by atoms with van der Waals surface area (Å²) in [6.45, 7) is 0. The molecule has 0 aliphatic carbocycles. The average molecular weight is 229 g/mol. The number of aromatic nitrogens is 1. The van der Waals surface area contributed by atoms with Gasteiger partial charge in [-0.05, 0) is 12.1 Å². The van der Waals surface area contributed by atoms with Crippen molar-refractivity contribution in [2.24, 2.45) is 0 Å². The molecule has 0 aliphatic rings. The third kappa shape index (κ3) is 2.04. The summed E-state index contributed by atoms with van der Waals surface area (Å²) in [5.41, 5.74) is 1.79. The Morgan fingerprint density at radius 3 is 2.82 bits per heavy atom. The number of nitriles is 1. The van der Waals surface area contributed by atoms with Crippen LogP contribution in [-0.4, -0.2) is 19.1 Å². The van der Waals surface area contributed by atoms with Gasteiger partial charge in [0.15, 0.2) is 0 Å². The SMILES string of the molecule is CN(C)c1cc(CC#N)nc2c(F)cccc12. The minimum atomic E-state index is -0.356. The number of halogens is 1. The topological polar surface area (TPSA) is 39.9 Å². The van der Waals surface area contributed by atoms with Gasteiger partial charge in [0.2, 0.25) is 0 Å². The molecule has 86 valence electrons. The molecule has 0 saturated carbocycles. The minimum Gasteiger partial charge on any atom is -0.377 e. The van der Waals surface area contributed by atoms with Crippen LogP contribution in [0.1, 0.15) is 5.69 Å². The van der Waals surface area contributed by atoms with Crippen molar-refractivity contribution in [3.05, 3.63) is 35.8 Å². The lowest BCUT2D eigenvalue weighted by molar-refractivity contribution is 0.636. The van der Waals surface area contributed by atoms with Gasteiger partial charge in [-0.3, -0.25) is 0 Å². The lowest BCUT2D eigenvalue weighted by Gasteiger charge is -2.16. The van der Waals surface area contributed by atoms with Gasteiger partial charge in [0, 0.05) is 25.2 Å². The summed E-state index contributed by atoms with van der Waals surface area (Å²) < 4.78 is 13.7. The predicted molar refractivity (Wildman–Crippen MR) is 65.3 cm³/mol. The number of fused-ring (bicyclic) bond motifs is 1. The van der Waals surface area contributed by atoms with Crippen LogP contribution in [0.4, 0.5) is 10.1 Å². The van der Waals surface area contributed by atoms with Crippen LogP contribution >= 0.6 is 0 Å². The van der Waals surface area contributed by atoms with Gasteiger partial charge in [0.1, 0.15) is 11.3 Å². The molecule has 1 aromatic heterocycles. The Kier molecular flexibility index (Phi) is 2.92. The van der Waals surface area contributed by atoms with Gasteiger partial charge in [-0.15, -0.1) is 0 Å². The lowest BCUT2D eigenvalue weighted by Crippen LogP contribution is -2.10. The highest BCUT2D eigenvalue weighted by molar-refractivity contribution is 5.92. The molecule has 0 fully saturated rings. The second-order valence-electron chi connectivity index (χ2n) is 4.00. The fourth-order valence-electron chi connectivity index (χ4n) is 1.79. The standard InChI is InChI=1S/C13H12FN3/c1-17(2)12-8-9(6-7-15)16-13-10(12)4-3-5-11(13)14/h3-5,8H,6H2,1-2H3. The van der Waals surface area contributed by atoms with Gasteiger partial charge in [0.25, 0.3) is 0 Å². The molecule has 1 heterocycles. The monoisotopic (exact) mass is 229 g/mol. The summed E-state index contributed by atoms with van der Waals surface area (Å²) >= 11 is 0. The van der Waals surface area contributed by atoms with Crippen LogP contribution in [0.3, 0.4) is 0 Å². The zero-order chi connectivity index (χ0) is 12.4. The van der Waals surface area contributed by atoms with E-state index >= 15 is 0 Å².